The summed E-state index contributed by atoms with van der Waals surface area (Å²) in [5.74, 6) is -10.8. The van der Waals surface area contributed by atoms with Crippen molar-refractivity contribution in [2.75, 3.05) is 46.2 Å². The number of aliphatic hydroxyl groups is 1. The van der Waals surface area contributed by atoms with E-state index in [2.05, 4.69) is 10.2 Å². The zero-order valence-corrected chi connectivity index (χ0v) is 25.0. The van der Waals surface area contributed by atoms with Crippen molar-refractivity contribution in [2.45, 2.75) is 50.4 Å². The van der Waals surface area contributed by atoms with E-state index in [0.29, 0.717) is 18.7 Å². The molecule has 232 valence electrons. The Balaban J connectivity index is 1.56. The number of benzene rings is 1. The van der Waals surface area contributed by atoms with E-state index in [0.717, 1.165) is 24.2 Å². The maximum Gasteiger partial charge on any atom is 0.235 e. The predicted octanol–water partition coefficient (Wildman–Crippen LogP) is -1.36. The number of hydrogen-bond acceptors (Lipinski definition) is 11. The van der Waals surface area contributed by atoms with Crippen LogP contribution in [0.1, 0.15) is 41.3 Å². The Morgan fingerprint density at radius 2 is 1.81 bits per heavy atom. The van der Waals surface area contributed by atoms with Crippen molar-refractivity contribution in [1.29, 1.82) is 0 Å². The molecule has 1 heterocycles. The molecule has 5 N–H and O–H groups in total. The lowest BCUT2D eigenvalue weighted by atomic mass is 9.52. The number of carbonyl (C=O) groups excluding carboxylic acids is 6. The molecule has 0 bridgehead atoms. The molecule has 43 heavy (non-hydrogen) atoms. The number of anilines is 1. The molecule has 1 aromatic rings. The van der Waals surface area contributed by atoms with Crippen molar-refractivity contribution in [2.24, 2.45) is 29.4 Å². The molecule has 0 aromatic heterocycles. The number of likely N-dealkylation sites (N-methyl/N-ethyl adjacent to an activating group) is 1. The summed E-state index contributed by atoms with van der Waals surface area (Å²) >= 11 is 0. The average Bonchev–Trinajstić information content (AvgIpc) is 3.31. The molecule has 2 saturated carbocycles. The fourth-order valence-corrected chi connectivity index (χ4v) is 8.03. The van der Waals surface area contributed by atoms with E-state index in [4.69, 9.17) is 5.73 Å². The lowest BCUT2D eigenvalue weighted by Crippen LogP contribution is -2.74. The Kier molecular flexibility index (Phi) is 7.72. The smallest absolute Gasteiger partial charge is 0.235 e. The Bertz CT molecular complexity index is 1440. The quantitative estimate of drug-likeness (QED) is 0.283. The number of fused-ring (bicyclic) bond motifs is 3. The fourth-order valence-electron chi connectivity index (χ4n) is 8.03. The van der Waals surface area contributed by atoms with Gasteiger partial charge in [0.25, 0.3) is 0 Å². The SMILES string of the molecule is CC(=O)N[C@H]1CCN(Cc2cc(O)c3c(c2N(C)C)C[C@H]2C[C@H]4[C@H](N(C)C)C(=O)C(C(N)=O)C(=O)[C@@]4(O)C(=O)C2C3=O)C1. The summed E-state index contributed by atoms with van der Waals surface area (Å²) in [7, 11) is 6.76. The number of likely N-dealkylation sites (tertiary alicyclic amines) is 1. The third-order valence-corrected chi connectivity index (χ3v) is 9.63. The number of hydrogen-bond donors (Lipinski definition) is 4. The van der Waals surface area contributed by atoms with E-state index in [-0.39, 0.29) is 36.1 Å². The van der Waals surface area contributed by atoms with Crippen LogP contribution in [0.15, 0.2) is 6.07 Å². The molecule has 4 aliphatic rings. The molecular weight excluding hydrogens is 558 g/mol. The van der Waals surface area contributed by atoms with Crippen molar-refractivity contribution in [3.8, 4) is 5.75 Å². The number of nitrogens with one attached hydrogen (secondary N) is 1. The van der Waals surface area contributed by atoms with Gasteiger partial charge in [0, 0.05) is 58.3 Å². The van der Waals surface area contributed by atoms with Crippen molar-refractivity contribution in [1.82, 2.24) is 15.1 Å². The van der Waals surface area contributed by atoms with Crippen molar-refractivity contribution in [3.05, 3.63) is 22.8 Å². The number of nitrogens with two attached hydrogens (primary N) is 1. The minimum atomic E-state index is -2.75. The molecule has 1 aliphatic heterocycles. The molecule has 13 heteroatoms. The van der Waals surface area contributed by atoms with Crippen LogP contribution in [0.4, 0.5) is 5.69 Å². The molecule has 2 unspecified atom stereocenters. The van der Waals surface area contributed by atoms with Crippen LogP contribution in [0, 0.1) is 23.7 Å². The zero-order chi connectivity index (χ0) is 31.7. The summed E-state index contributed by atoms with van der Waals surface area (Å²) in [6.45, 7) is 3.29. The summed E-state index contributed by atoms with van der Waals surface area (Å²) in [6.07, 6.45) is 0.963. The normalized spacial score (nSPS) is 32.3. The van der Waals surface area contributed by atoms with E-state index < -0.39 is 64.4 Å². The minimum absolute atomic E-state index is 0.00766. The second-order valence-electron chi connectivity index (χ2n) is 12.9. The average molecular weight is 598 g/mol. The van der Waals surface area contributed by atoms with Gasteiger partial charge in [-0.3, -0.25) is 38.6 Å². The summed E-state index contributed by atoms with van der Waals surface area (Å²) in [6, 6.07) is 0.375. The zero-order valence-electron chi connectivity index (χ0n) is 25.0. The lowest BCUT2D eigenvalue weighted by Gasteiger charge is -2.52. The number of amides is 2. The molecule has 3 fully saturated rings. The number of carbonyl (C=O) groups is 6. The van der Waals surface area contributed by atoms with Crippen LogP contribution in [-0.4, -0.2) is 114 Å². The number of nitrogens with zero attached hydrogens (tertiary/aromatic N) is 3. The molecule has 7 atom stereocenters. The van der Waals surface area contributed by atoms with Gasteiger partial charge in [0.2, 0.25) is 11.8 Å². The molecule has 3 aliphatic carbocycles. The monoisotopic (exact) mass is 597 g/mol. The molecule has 1 saturated heterocycles. The first-order valence-electron chi connectivity index (χ1n) is 14.5. The van der Waals surface area contributed by atoms with Gasteiger partial charge in [-0.25, -0.2) is 0 Å². The third-order valence-electron chi connectivity index (χ3n) is 9.63. The van der Waals surface area contributed by atoms with Crippen molar-refractivity contribution < 1.29 is 39.0 Å². The first-order valence-corrected chi connectivity index (χ1v) is 14.5. The Labute approximate surface area is 249 Å². The van der Waals surface area contributed by atoms with Gasteiger partial charge >= 0.3 is 0 Å². The van der Waals surface area contributed by atoms with E-state index in [1.165, 1.54) is 17.9 Å². The van der Waals surface area contributed by atoms with Crippen LogP contribution in [0.3, 0.4) is 0 Å². The second kappa shape index (κ2) is 10.8. The Hall–Kier alpha value is -3.68. The first kappa shape index (κ1) is 30.8. The largest absolute Gasteiger partial charge is 0.507 e. The highest BCUT2D eigenvalue weighted by atomic mass is 16.3. The minimum Gasteiger partial charge on any atom is -0.507 e. The van der Waals surface area contributed by atoms with Gasteiger partial charge in [0.15, 0.2) is 34.7 Å². The molecule has 5 rings (SSSR count). The number of primary amides is 1. The summed E-state index contributed by atoms with van der Waals surface area (Å²) in [4.78, 5) is 84.0. The number of ketones is 4. The maximum absolute atomic E-state index is 14.0. The standard InChI is InChI=1S/C30H39N5O8/c1-13(36)32-16-6-7-35(12-16)11-15-10-19(37)21-17(23(15)33(2)3)8-14-9-18-24(34(4)5)26(39)22(29(31)42)28(41)30(18,43)27(40)20(14)25(21)38/h10,14,16,18,20,22,24,37,43H,6-9,11-12H2,1-5H3,(H2,31,42)(H,32,36)/t14-,16-,18-,20?,22?,24-,30-/m0/s1. The number of rotatable bonds is 6. The predicted molar refractivity (Wildman–Crippen MR) is 153 cm³/mol. The van der Waals surface area contributed by atoms with Crippen LogP contribution in [0.2, 0.25) is 0 Å². The molecular formula is C30H39N5O8. The van der Waals surface area contributed by atoms with Gasteiger partial charge in [-0.05, 0) is 56.5 Å². The van der Waals surface area contributed by atoms with Crippen LogP contribution >= 0.6 is 0 Å². The molecule has 0 spiro atoms. The number of Topliss-reactive ketones (excluding diaryl/α,β-unsaturated/α-hetero) is 4. The number of aromatic hydroxyl groups is 1. The first-order chi connectivity index (χ1) is 20.1. The van der Waals surface area contributed by atoms with Gasteiger partial charge < -0.3 is 26.2 Å². The number of phenols is 1. The third kappa shape index (κ3) is 4.74. The summed E-state index contributed by atoms with van der Waals surface area (Å²) in [5.41, 5.74) is 4.65. The highest BCUT2D eigenvalue weighted by molar-refractivity contribution is 6.32. The van der Waals surface area contributed by atoms with E-state index in [1.807, 2.05) is 19.0 Å². The van der Waals surface area contributed by atoms with Gasteiger partial charge in [0.1, 0.15) is 5.75 Å². The summed E-state index contributed by atoms with van der Waals surface area (Å²) in [5, 5.41) is 25.9. The van der Waals surface area contributed by atoms with Crippen LogP contribution in [0.25, 0.3) is 0 Å². The second-order valence-corrected chi connectivity index (χ2v) is 12.9. The number of phenolic OH excluding ortho intramolecular Hbond substituents is 1. The fraction of sp³-hybridized carbons (Fsp3) is 0.600. The van der Waals surface area contributed by atoms with Gasteiger partial charge in [-0.15, -0.1) is 0 Å². The van der Waals surface area contributed by atoms with Crippen molar-refractivity contribution >= 4 is 40.6 Å². The van der Waals surface area contributed by atoms with Crippen LogP contribution in [0.5, 0.6) is 5.75 Å². The molecule has 2 amide bonds. The molecule has 13 nitrogen and oxygen atoms in total. The van der Waals surface area contributed by atoms with E-state index >= 15 is 0 Å². The Morgan fingerprint density at radius 1 is 1.14 bits per heavy atom. The van der Waals surface area contributed by atoms with Crippen LogP contribution < -0.4 is 16.0 Å². The highest BCUT2D eigenvalue weighted by Gasteiger charge is 2.69. The van der Waals surface area contributed by atoms with E-state index in [9.17, 15) is 39.0 Å². The Morgan fingerprint density at radius 3 is 2.40 bits per heavy atom. The van der Waals surface area contributed by atoms with Gasteiger partial charge in [-0.2, -0.15) is 0 Å². The van der Waals surface area contributed by atoms with Gasteiger partial charge in [-0.1, -0.05) is 0 Å². The van der Waals surface area contributed by atoms with Crippen LogP contribution in [-0.2, 0) is 36.9 Å². The van der Waals surface area contributed by atoms with Gasteiger partial charge in [0.05, 0.1) is 17.5 Å². The highest BCUT2D eigenvalue weighted by Crippen LogP contribution is 2.52. The maximum atomic E-state index is 14.0. The molecule has 1 aromatic carbocycles. The van der Waals surface area contributed by atoms with Crippen molar-refractivity contribution in [3.63, 3.8) is 0 Å². The lowest BCUT2D eigenvalue weighted by molar-refractivity contribution is -0.181. The summed E-state index contributed by atoms with van der Waals surface area (Å²) < 4.78 is 0. The molecule has 0 radical (unpaired) electrons. The van der Waals surface area contributed by atoms with E-state index in [1.54, 1.807) is 14.1 Å². The topological polar surface area (TPSA) is 191 Å².